The maximum atomic E-state index is 5.40. The quantitative estimate of drug-likeness (QED) is 0.344. The number of aryl methyl sites for hydroxylation is 1. The number of anilines is 1. The zero-order valence-electron chi connectivity index (χ0n) is 19.6. The summed E-state index contributed by atoms with van der Waals surface area (Å²) in [4.78, 5) is 13.5. The van der Waals surface area contributed by atoms with Crippen LogP contribution in [0.2, 0.25) is 0 Å². The van der Waals surface area contributed by atoms with Gasteiger partial charge in [-0.2, -0.15) is 0 Å². The molecule has 6 heteroatoms. The van der Waals surface area contributed by atoms with Gasteiger partial charge in [0.15, 0.2) is 0 Å². The predicted molar refractivity (Wildman–Crippen MR) is 134 cm³/mol. The number of nitrogens with zero attached hydrogens (tertiary/aromatic N) is 4. The SMILES string of the molecule is C/C=C\C(=NC1CC1)Nc1cccc(CCC2CCC(n3ccc4c(OC)ncnc43)C2)c1. The number of aliphatic imine (C=N–C) groups is 1. The van der Waals surface area contributed by atoms with E-state index in [1.807, 2.05) is 13.0 Å². The van der Waals surface area contributed by atoms with Crippen molar-refractivity contribution >= 4 is 22.6 Å². The number of amidine groups is 1. The second kappa shape index (κ2) is 9.77. The van der Waals surface area contributed by atoms with E-state index in [0.29, 0.717) is 18.0 Å². The zero-order chi connectivity index (χ0) is 22.6. The Bertz CT molecular complexity index is 1160. The average Bonchev–Trinajstić information content (AvgIpc) is 3.34. The highest BCUT2D eigenvalue weighted by Crippen LogP contribution is 2.39. The van der Waals surface area contributed by atoms with Crippen molar-refractivity contribution in [3.63, 3.8) is 0 Å². The molecular formula is C27H33N5O. The van der Waals surface area contributed by atoms with Crippen molar-refractivity contribution in [1.29, 1.82) is 0 Å². The number of allylic oxidation sites excluding steroid dienone is 1. The van der Waals surface area contributed by atoms with E-state index in [9.17, 15) is 0 Å². The summed E-state index contributed by atoms with van der Waals surface area (Å²) in [6.45, 7) is 2.04. The summed E-state index contributed by atoms with van der Waals surface area (Å²) in [5.74, 6) is 2.36. The number of aromatic nitrogens is 3. The van der Waals surface area contributed by atoms with E-state index in [1.165, 1.54) is 44.1 Å². The summed E-state index contributed by atoms with van der Waals surface area (Å²) in [6.07, 6.45) is 16.3. The summed E-state index contributed by atoms with van der Waals surface area (Å²) in [5.41, 5.74) is 3.50. The Morgan fingerprint density at radius 1 is 1.21 bits per heavy atom. The molecule has 0 saturated heterocycles. The highest BCUT2D eigenvalue weighted by atomic mass is 16.5. The molecule has 1 aromatic carbocycles. The number of hydrogen-bond acceptors (Lipinski definition) is 4. The molecule has 0 bridgehead atoms. The fourth-order valence-electron chi connectivity index (χ4n) is 4.97. The molecule has 2 aliphatic rings. The standard InChI is InChI=1S/C27H33N5O/c1-3-5-25(30-21-11-12-21)31-22-7-4-6-19(16-22)8-9-20-10-13-23(17-20)32-15-14-24-26(32)28-18-29-27(24)33-2/h3-7,14-16,18,20-21,23H,8-13,17H2,1-2H3,(H,30,31)/b5-3-. The van der Waals surface area contributed by atoms with Crippen LogP contribution in [-0.2, 0) is 6.42 Å². The lowest BCUT2D eigenvalue weighted by atomic mass is 9.97. The fraction of sp³-hybridized carbons (Fsp3) is 0.444. The second-order valence-corrected chi connectivity index (χ2v) is 9.29. The number of nitrogens with one attached hydrogen (secondary N) is 1. The van der Waals surface area contributed by atoms with Crippen molar-refractivity contribution < 1.29 is 4.74 Å². The van der Waals surface area contributed by atoms with E-state index in [0.717, 1.165) is 34.9 Å². The van der Waals surface area contributed by atoms with Gasteiger partial charge >= 0.3 is 0 Å². The van der Waals surface area contributed by atoms with Gasteiger partial charge < -0.3 is 14.6 Å². The molecule has 5 rings (SSSR count). The van der Waals surface area contributed by atoms with E-state index >= 15 is 0 Å². The highest BCUT2D eigenvalue weighted by molar-refractivity contribution is 6.03. The number of ether oxygens (including phenoxy) is 1. The molecule has 2 aromatic heterocycles. The average molecular weight is 444 g/mol. The molecule has 2 saturated carbocycles. The molecule has 2 fully saturated rings. The summed E-state index contributed by atoms with van der Waals surface area (Å²) in [6, 6.07) is 11.9. The van der Waals surface area contributed by atoms with E-state index in [4.69, 9.17) is 9.73 Å². The van der Waals surface area contributed by atoms with Crippen LogP contribution in [0, 0.1) is 5.92 Å². The first-order chi connectivity index (χ1) is 16.2. The first-order valence-corrected chi connectivity index (χ1v) is 12.2. The van der Waals surface area contributed by atoms with Gasteiger partial charge in [0.1, 0.15) is 17.8 Å². The van der Waals surface area contributed by atoms with E-state index in [1.54, 1.807) is 13.4 Å². The predicted octanol–water partition coefficient (Wildman–Crippen LogP) is 5.96. The number of benzene rings is 1. The normalized spacial score (nSPS) is 21.2. The molecular weight excluding hydrogens is 410 g/mol. The Kier molecular flexibility index (Phi) is 6.42. The highest BCUT2D eigenvalue weighted by Gasteiger charge is 2.27. The molecule has 0 radical (unpaired) electrons. The topological polar surface area (TPSA) is 64.3 Å². The molecule has 2 heterocycles. The van der Waals surface area contributed by atoms with Crippen LogP contribution in [0.25, 0.3) is 11.0 Å². The van der Waals surface area contributed by atoms with Crippen LogP contribution in [-0.4, -0.2) is 33.5 Å². The lowest BCUT2D eigenvalue weighted by Crippen LogP contribution is -2.10. The Morgan fingerprint density at radius 3 is 2.94 bits per heavy atom. The van der Waals surface area contributed by atoms with Crippen molar-refractivity contribution in [1.82, 2.24) is 14.5 Å². The van der Waals surface area contributed by atoms with Crippen LogP contribution in [0.15, 0.2) is 60.0 Å². The zero-order valence-corrected chi connectivity index (χ0v) is 19.6. The Hall–Kier alpha value is -3.15. The molecule has 0 amide bonds. The Balaban J connectivity index is 1.19. The van der Waals surface area contributed by atoms with Crippen molar-refractivity contribution in [2.24, 2.45) is 10.9 Å². The first kappa shape index (κ1) is 21.7. The first-order valence-electron chi connectivity index (χ1n) is 12.2. The summed E-state index contributed by atoms with van der Waals surface area (Å²) in [5, 5.41) is 4.50. The molecule has 6 nitrogen and oxygen atoms in total. The third kappa shape index (κ3) is 5.10. The van der Waals surface area contributed by atoms with E-state index in [-0.39, 0.29) is 0 Å². The lowest BCUT2D eigenvalue weighted by molar-refractivity contribution is 0.402. The Morgan fingerprint density at radius 2 is 2.12 bits per heavy atom. The van der Waals surface area contributed by atoms with Crippen molar-refractivity contribution in [3.8, 4) is 5.88 Å². The van der Waals surface area contributed by atoms with Crippen molar-refractivity contribution in [2.75, 3.05) is 12.4 Å². The molecule has 33 heavy (non-hydrogen) atoms. The second-order valence-electron chi connectivity index (χ2n) is 9.29. The summed E-state index contributed by atoms with van der Waals surface area (Å²) in [7, 11) is 1.66. The number of fused-ring (bicyclic) bond motifs is 1. The molecule has 2 aliphatic carbocycles. The van der Waals surface area contributed by atoms with Crippen molar-refractivity contribution in [3.05, 3.63) is 60.6 Å². The maximum Gasteiger partial charge on any atom is 0.225 e. The van der Waals surface area contributed by atoms with Gasteiger partial charge in [0.25, 0.3) is 0 Å². The van der Waals surface area contributed by atoms with E-state index < -0.39 is 0 Å². The lowest BCUT2D eigenvalue weighted by Gasteiger charge is -2.15. The van der Waals surface area contributed by atoms with Gasteiger partial charge in [-0.25, -0.2) is 9.97 Å². The smallest absolute Gasteiger partial charge is 0.225 e. The van der Waals surface area contributed by atoms with Gasteiger partial charge in [-0.15, -0.1) is 0 Å². The molecule has 0 spiro atoms. The van der Waals surface area contributed by atoms with Crippen LogP contribution in [0.5, 0.6) is 5.88 Å². The minimum atomic E-state index is 0.502. The largest absolute Gasteiger partial charge is 0.480 e. The third-order valence-corrected chi connectivity index (χ3v) is 6.81. The molecule has 2 atom stereocenters. The number of hydrogen-bond donors (Lipinski definition) is 1. The fourth-order valence-corrected chi connectivity index (χ4v) is 4.97. The third-order valence-electron chi connectivity index (χ3n) is 6.81. The van der Waals surface area contributed by atoms with Gasteiger partial charge in [-0.1, -0.05) is 18.2 Å². The molecule has 2 unspecified atom stereocenters. The number of rotatable bonds is 8. The van der Waals surface area contributed by atoms with Crippen LogP contribution in [0.4, 0.5) is 5.69 Å². The monoisotopic (exact) mass is 443 g/mol. The van der Waals surface area contributed by atoms with Crippen molar-refractivity contribution in [2.45, 2.75) is 64.0 Å². The van der Waals surface area contributed by atoms with Gasteiger partial charge in [-0.3, -0.25) is 4.99 Å². The molecule has 3 aromatic rings. The van der Waals surface area contributed by atoms with Gasteiger partial charge in [0.2, 0.25) is 5.88 Å². The molecule has 172 valence electrons. The minimum Gasteiger partial charge on any atom is -0.480 e. The maximum absolute atomic E-state index is 5.40. The van der Waals surface area contributed by atoms with E-state index in [2.05, 4.69) is 62.5 Å². The van der Waals surface area contributed by atoms with Crippen LogP contribution >= 0.6 is 0 Å². The van der Waals surface area contributed by atoms with Crippen LogP contribution in [0.1, 0.15) is 57.1 Å². The summed E-state index contributed by atoms with van der Waals surface area (Å²) >= 11 is 0. The van der Waals surface area contributed by atoms with Gasteiger partial charge in [0.05, 0.1) is 18.5 Å². The van der Waals surface area contributed by atoms with Gasteiger partial charge in [0, 0.05) is 17.9 Å². The summed E-state index contributed by atoms with van der Waals surface area (Å²) < 4.78 is 7.73. The molecule has 1 N–H and O–H groups in total. The van der Waals surface area contributed by atoms with Crippen LogP contribution in [0.3, 0.4) is 0 Å². The minimum absolute atomic E-state index is 0.502. The van der Waals surface area contributed by atoms with Crippen LogP contribution < -0.4 is 10.1 Å². The Labute approximate surface area is 195 Å². The van der Waals surface area contributed by atoms with Gasteiger partial charge in [-0.05, 0) is 87.6 Å². The number of methoxy groups -OCH3 is 1. The molecule has 0 aliphatic heterocycles.